The first kappa shape index (κ1) is 11.5. The van der Waals surface area contributed by atoms with Crippen LogP contribution in [0.15, 0.2) is 22.7 Å². The van der Waals surface area contributed by atoms with Crippen molar-refractivity contribution >= 4 is 15.9 Å². The van der Waals surface area contributed by atoms with E-state index in [9.17, 15) is 0 Å². The molecule has 0 amide bonds. The molecule has 1 atom stereocenters. The molecule has 2 N–H and O–H groups in total. The summed E-state index contributed by atoms with van der Waals surface area (Å²) in [4.78, 5) is 0. The van der Waals surface area contributed by atoms with Crippen molar-refractivity contribution < 1.29 is 4.74 Å². The fourth-order valence-electron chi connectivity index (χ4n) is 1.02. The van der Waals surface area contributed by atoms with Gasteiger partial charge in [-0.15, -0.1) is 0 Å². The summed E-state index contributed by atoms with van der Waals surface area (Å²) >= 11 is 3.46. The second kappa shape index (κ2) is 5.37. The molecule has 3 heteroatoms. The van der Waals surface area contributed by atoms with Crippen LogP contribution in [0, 0.1) is 12.8 Å². The Morgan fingerprint density at radius 2 is 2.21 bits per heavy atom. The van der Waals surface area contributed by atoms with Crippen molar-refractivity contribution in [2.45, 2.75) is 13.8 Å². The molecule has 0 aliphatic rings. The average Bonchev–Trinajstić information content (AvgIpc) is 2.16. The first-order chi connectivity index (χ1) is 6.63. The minimum Gasteiger partial charge on any atom is -0.492 e. The van der Waals surface area contributed by atoms with Crippen LogP contribution in [-0.2, 0) is 0 Å². The van der Waals surface area contributed by atoms with Crippen LogP contribution in [0.5, 0.6) is 5.75 Å². The molecule has 0 aliphatic carbocycles. The van der Waals surface area contributed by atoms with Crippen LogP contribution in [0.4, 0.5) is 0 Å². The normalized spacial score (nSPS) is 12.6. The van der Waals surface area contributed by atoms with Crippen LogP contribution >= 0.6 is 15.9 Å². The van der Waals surface area contributed by atoms with Crippen LogP contribution in [0.3, 0.4) is 0 Å². The quantitative estimate of drug-likeness (QED) is 0.901. The van der Waals surface area contributed by atoms with Crippen LogP contribution in [-0.4, -0.2) is 13.2 Å². The predicted molar refractivity (Wildman–Crippen MR) is 62.6 cm³/mol. The average molecular weight is 258 g/mol. The summed E-state index contributed by atoms with van der Waals surface area (Å²) < 4.78 is 6.62. The van der Waals surface area contributed by atoms with Crippen molar-refractivity contribution in [1.82, 2.24) is 0 Å². The van der Waals surface area contributed by atoms with Gasteiger partial charge in [-0.3, -0.25) is 0 Å². The van der Waals surface area contributed by atoms with Crippen LogP contribution in [0.2, 0.25) is 0 Å². The van der Waals surface area contributed by atoms with E-state index in [0.717, 1.165) is 10.2 Å². The summed E-state index contributed by atoms with van der Waals surface area (Å²) in [5, 5.41) is 0. The number of rotatable bonds is 4. The summed E-state index contributed by atoms with van der Waals surface area (Å²) in [7, 11) is 0. The van der Waals surface area contributed by atoms with E-state index >= 15 is 0 Å². The third-order valence-corrected chi connectivity index (χ3v) is 2.63. The highest BCUT2D eigenvalue weighted by Gasteiger charge is 2.03. The molecule has 1 rings (SSSR count). The molecule has 78 valence electrons. The lowest BCUT2D eigenvalue weighted by Gasteiger charge is -2.12. The highest BCUT2D eigenvalue weighted by atomic mass is 79.9. The number of halogens is 1. The van der Waals surface area contributed by atoms with Gasteiger partial charge in [0.25, 0.3) is 0 Å². The second-order valence-electron chi connectivity index (χ2n) is 3.59. The van der Waals surface area contributed by atoms with Gasteiger partial charge in [-0.25, -0.2) is 0 Å². The highest BCUT2D eigenvalue weighted by molar-refractivity contribution is 9.10. The van der Waals surface area contributed by atoms with Crippen molar-refractivity contribution in [2.24, 2.45) is 11.7 Å². The number of benzene rings is 1. The Kier molecular flexibility index (Phi) is 4.42. The van der Waals surface area contributed by atoms with E-state index in [1.165, 1.54) is 5.56 Å². The number of aryl methyl sites for hydroxylation is 1. The molecule has 0 saturated heterocycles. The fourth-order valence-corrected chi connectivity index (χ4v) is 1.63. The first-order valence-electron chi connectivity index (χ1n) is 4.72. The molecule has 1 aromatic rings. The molecule has 0 radical (unpaired) electrons. The van der Waals surface area contributed by atoms with Gasteiger partial charge in [-0.05, 0) is 47.1 Å². The van der Waals surface area contributed by atoms with E-state index in [2.05, 4.69) is 29.8 Å². The molecule has 1 unspecified atom stereocenters. The SMILES string of the molecule is Cc1ccc(OCC(C)CN)c(Br)c1. The Labute approximate surface area is 93.6 Å². The van der Waals surface area contributed by atoms with Gasteiger partial charge in [0.1, 0.15) is 5.75 Å². The number of hydrogen-bond acceptors (Lipinski definition) is 2. The Balaban J connectivity index is 2.59. The molecular weight excluding hydrogens is 242 g/mol. The van der Waals surface area contributed by atoms with Gasteiger partial charge in [0, 0.05) is 5.92 Å². The van der Waals surface area contributed by atoms with Crippen molar-refractivity contribution in [2.75, 3.05) is 13.2 Å². The molecule has 14 heavy (non-hydrogen) atoms. The van der Waals surface area contributed by atoms with E-state index in [-0.39, 0.29) is 0 Å². The van der Waals surface area contributed by atoms with E-state index < -0.39 is 0 Å². The monoisotopic (exact) mass is 257 g/mol. The molecule has 0 heterocycles. The van der Waals surface area contributed by atoms with Crippen molar-refractivity contribution in [3.05, 3.63) is 28.2 Å². The summed E-state index contributed by atoms with van der Waals surface area (Å²) in [5.74, 6) is 1.28. The maximum absolute atomic E-state index is 5.62. The van der Waals surface area contributed by atoms with E-state index in [4.69, 9.17) is 10.5 Å². The summed E-state index contributed by atoms with van der Waals surface area (Å²) in [6, 6.07) is 6.05. The number of ether oxygens (including phenoxy) is 1. The van der Waals surface area contributed by atoms with Gasteiger partial charge in [-0.2, -0.15) is 0 Å². The standard InChI is InChI=1S/C11H16BrNO/c1-8-3-4-11(10(12)5-8)14-7-9(2)6-13/h3-5,9H,6-7,13H2,1-2H3. The molecule has 2 nitrogen and oxygen atoms in total. The summed E-state index contributed by atoms with van der Waals surface area (Å²) in [5.41, 5.74) is 6.73. The molecule has 0 aliphatic heterocycles. The van der Waals surface area contributed by atoms with Gasteiger partial charge < -0.3 is 10.5 Å². The predicted octanol–water partition coefficient (Wildman–Crippen LogP) is 2.73. The zero-order valence-corrected chi connectivity index (χ0v) is 10.2. The fraction of sp³-hybridized carbons (Fsp3) is 0.455. The molecule has 0 bridgehead atoms. The largest absolute Gasteiger partial charge is 0.492 e. The minimum atomic E-state index is 0.392. The van der Waals surface area contributed by atoms with Gasteiger partial charge in [0.2, 0.25) is 0 Å². The van der Waals surface area contributed by atoms with Gasteiger partial charge in [0.15, 0.2) is 0 Å². The third kappa shape index (κ3) is 3.31. The number of nitrogens with two attached hydrogens (primary N) is 1. The lowest BCUT2D eigenvalue weighted by atomic mass is 10.2. The number of hydrogen-bond donors (Lipinski definition) is 1. The maximum Gasteiger partial charge on any atom is 0.133 e. The van der Waals surface area contributed by atoms with Crippen LogP contribution in [0.25, 0.3) is 0 Å². The lowest BCUT2D eigenvalue weighted by Crippen LogP contribution is -2.18. The smallest absolute Gasteiger partial charge is 0.133 e. The molecule has 1 aromatic carbocycles. The van der Waals surface area contributed by atoms with Crippen molar-refractivity contribution in [3.8, 4) is 5.75 Å². The third-order valence-electron chi connectivity index (χ3n) is 2.01. The zero-order valence-electron chi connectivity index (χ0n) is 8.59. The maximum atomic E-state index is 5.62. The zero-order chi connectivity index (χ0) is 10.6. The Morgan fingerprint density at radius 1 is 1.50 bits per heavy atom. The highest BCUT2D eigenvalue weighted by Crippen LogP contribution is 2.25. The summed E-state index contributed by atoms with van der Waals surface area (Å²) in [6.45, 7) is 5.45. The first-order valence-corrected chi connectivity index (χ1v) is 5.51. The molecule has 0 aromatic heterocycles. The second-order valence-corrected chi connectivity index (χ2v) is 4.44. The topological polar surface area (TPSA) is 35.2 Å². The molecule has 0 fully saturated rings. The molecule has 0 spiro atoms. The van der Waals surface area contributed by atoms with Crippen LogP contribution < -0.4 is 10.5 Å². The lowest BCUT2D eigenvalue weighted by molar-refractivity contribution is 0.262. The minimum absolute atomic E-state index is 0.392. The van der Waals surface area contributed by atoms with Gasteiger partial charge in [0.05, 0.1) is 11.1 Å². The van der Waals surface area contributed by atoms with Gasteiger partial charge in [-0.1, -0.05) is 13.0 Å². The van der Waals surface area contributed by atoms with Crippen LogP contribution in [0.1, 0.15) is 12.5 Å². The van der Waals surface area contributed by atoms with E-state index in [1.807, 2.05) is 18.2 Å². The Hall–Kier alpha value is -0.540. The Bertz CT molecular complexity index is 301. The van der Waals surface area contributed by atoms with Crippen molar-refractivity contribution in [3.63, 3.8) is 0 Å². The van der Waals surface area contributed by atoms with Gasteiger partial charge >= 0.3 is 0 Å². The van der Waals surface area contributed by atoms with E-state index in [0.29, 0.717) is 19.1 Å². The summed E-state index contributed by atoms with van der Waals surface area (Å²) in [6.07, 6.45) is 0. The Morgan fingerprint density at radius 3 is 2.79 bits per heavy atom. The van der Waals surface area contributed by atoms with E-state index in [1.54, 1.807) is 0 Å². The van der Waals surface area contributed by atoms with Crippen molar-refractivity contribution in [1.29, 1.82) is 0 Å². The molecular formula is C11H16BrNO. The molecule has 0 saturated carbocycles.